The van der Waals surface area contributed by atoms with E-state index in [2.05, 4.69) is 22.5 Å². The largest absolute Gasteiger partial charge is 0.348 e. The van der Waals surface area contributed by atoms with Crippen molar-refractivity contribution < 1.29 is 4.79 Å². The van der Waals surface area contributed by atoms with E-state index in [1.165, 1.54) is 0 Å². The lowest BCUT2D eigenvalue weighted by Gasteiger charge is -2.33. The van der Waals surface area contributed by atoms with E-state index in [4.69, 9.17) is 23.2 Å². The number of benzene rings is 1. The highest BCUT2D eigenvalue weighted by Gasteiger charge is 2.21. The SMILES string of the molecule is CC(NC(=O)CN1CCNC[C@@H]1C)c1ccc(Cl)c(Cl)c1. The first-order valence-electron chi connectivity index (χ1n) is 7.16. The Bertz CT molecular complexity index is 510. The zero-order chi connectivity index (χ0) is 15.4. The first-order chi connectivity index (χ1) is 9.97. The van der Waals surface area contributed by atoms with E-state index in [-0.39, 0.29) is 11.9 Å². The Morgan fingerprint density at radius 2 is 2.24 bits per heavy atom. The van der Waals surface area contributed by atoms with Gasteiger partial charge in [-0.1, -0.05) is 29.3 Å². The number of rotatable bonds is 4. The molecule has 1 aromatic rings. The van der Waals surface area contributed by atoms with Crippen molar-refractivity contribution >= 4 is 29.1 Å². The van der Waals surface area contributed by atoms with Gasteiger partial charge in [-0.25, -0.2) is 0 Å². The maximum absolute atomic E-state index is 12.2. The molecular formula is C15H21Cl2N3O. The van der Waals surface area contributed by atoms with Crippen LogP contribution in [0, 0.1) is 0 Å². The standard InChI is InChI=1S/C15H21Cl2N3O/c1-10-8-18-5-6-20(10)9-15(21)19-11(2)12-3-4-13(16)14(17)7-12/h3-4,7,10-11,18H,5-6,8-9H2,1-2H3,(H,19,21)/t10-,11?/m0/s1. The van der Waals surface area contributed by atoms with Gasteiger partial charge in [0.25, 0.3) is 0 Å². The van der Waals surface area contributed by atoms with E-state index in [1.54, 1.807) is 12.1 Å². The normalized spacial score (nSPS) is 21.0. The van der Waals surface area contributed by atoms with Crippen molar-refractivity contribution in [3.8, 4) is 0 Å². The van der Waals surface area contributed by atoms with Gasteiger partial charge < -0.3 is 10.6 Å². The number of halogens is 2. The second kappa shape index (κ2) is 7.45. The quantitative estimate of drug-likeness (QED) is 0.891. The van der Waals surface area contributed by atoms with E-state index in [1.807, 2.05) is 13.0 Å². The molecule has 1 saturated heterocycles. The van der Waals surface area contributed by atoms with Crippen LogP contribution in [-0.4, -0.2) is 43.0 Å². The summed E-state index contributed by atoms with van der Waals surface area (Å²) in [4.78, 5) is 14.3. The zero-order valence-electron chi connectivity index (χ0n) is 12.3. The topological polar surface area (TPSA) is 44.4 Å². The molecule has 0 aromatic heterocycles. The van der Waals surface area contributed by atoms with Gasteiger partial charge >= 0.3 is 0 Å². The number of amides is 1. The Balaban J connectivity index is 1.90. The van der Waals surface area contributed by atoms with Gasteiger partial charge in [0.15, 0.2) is 0 Å². The van der Waals surface area contributed by atoms with Gasteiger partial charge in [0, 0.05) is 25.7 Å². The Morgan fingerprint density at radius 3 is 2.90 bits per heavy atom. The lowest BCUT2D eigenvalue weighted by atomic mass is 10.1. The van der Waals surface area contributed by atoms with Crippen LogP contribution in [0.5, 0.6) is 0 Å². The molecule has 1 aliphatic rings. The van der Waals surface area contributed by atoms with Gasteiger partial charge in [0.05, 0.1) is 22.6 Å². The predicted molar refractivity (Wildman–Crippen MR) is 86.9 cm³/mol. The highest BCUT2D eigenvalue weighted by Crippen LogP contribution is 2.25. The third-order valence-corrected chi connectivity index (χ3v) is 4.55. The summed E-state index contributed by atoms with van der Waals surface area (Å²) in [5.74, 6) is 0.0299. The molecule has 0 saturated carbocycles. The van der Waals surface area contributed by atoms with Crippen LogP contribution in [0.3, 0.4) is 0 Å². The highest BCUT2D eigenvalue weighted by molar-refractivity contribution is 6.42. The molecule has 1 fully saturated rings. The summed E-state index contributed by atoms with van der Waals surface area (Å²) in [6.45, 7) is 7.25. The first-order valence-corrected chi connectivity index (χ1v) is 7.92. The van der Waals surface area contributed by atoms with E-state index >= 15 is 0 Å². The molecule has 1 aliphatic heterocycles. The maximum Gasteiger partial charge on any atom is 0.234 e. The van der Waals surface area contributed by atoms with Crippen LogP contribution in [0.25, 0.3) is 0 Å². The van der Waals surface area contributed by atoms with Crippen molar-refractivity contribution in [3.05, 3.63) is 33.8 Å². The van der Waals surface area contributed by atoms with Gasteiger partial charge in [-0.05, 0) is 31.5 Å². The van der Waals surface area contributed by atoms with Crippen molar-refractivity contribution in [2.75, 3.05) is 26.2 Å². The van der Waals surface area contributed by atoms with Gasteiger partial charge in [0.2, 0.25) is 5.91 Å². The summed E-state index contributed by atoms with van der Waals surface area (Å²) < 4.78 is 0. The number of nitrogens with zero attached hydrogens (tertiary/aromatic N) is 1. The Morgan fingerprint density at radius 1 is 1.48 bits per heavy atom. The monoisotopic (exact) mass is 329 g/mol. The molecule has 0 spiro atoms. The summed E-state index contributed by atoms with van der Waals surface area (Å²) in [5, 5.41) is 7.35. The van der Waals surface area contributed by atoms with Crippen LogP contribution in [0.4, 0.5) is 0 Å². The van der Waals surface area contributed by atoms with Gasteiger partial charge in [0.1, 0.15) is 0 Å². The summed E-state index contributed by atoms with van der Waals surface area (Å²) in [6.07, 6.45) is 0. The molecule has 1 heterocycles. The first kappa shape index (κ1) is 16.6. The summed E-state index contributed by atoms with van der Waals surface area (Å²) in [5.41, 5.74) is 0.950. The lowest BCUT2D eigenvalue weighted by molar-refractivity contribution is -0.123. The molecule has 0 aliphatic carbocycles. The molecule has 1 aromatic carbocycles. The molecule has 4 nitrogen and oxygen atoms in total. The number of hydrogen-bond acceptors (Lipinski definition) is 3. The van der Waals surface area contributed by atoms with Crippen LogP contribution in [-0.2, 0) is 4.79 Å². The third-order valence-electron chi connectivity index (χ3n) is 3.81. The van der Waals surface area contributed by atoms with E-state index in [9.17, 15) is 4.79 Å². The maximum atomic E-state index is 12.2. The second-order valence-corrected chi connectivity index (χ2v) is 6.30. The lowest BCUT2D eigenvalue weighted by Crippen LogP contribution is -2.52. The van der Waals surface area contributed by atoms with Crippen LogP contribution >= 0.6 is 23.2 Å². The minimum atomic E-state index is -0.0921. The van der Waals surface area contributed by atoms with Crippen LogP contribution < -0.4 is 10.6 Å². The molecule has 1 amide bonds. The Kier molecular flexibility index (Phi) is 5.88. The average molecular weight is 330 g/mol. The van der Waals surface area contributed by atoms with Crippen LogP contribution in [0.2, 0.25) is 10.0 Å². The van der Waals surface area contributed by atoms with Crippen LogP contribution in [0.15, 0.2) is 18.2 Å². The number of nitrogens with one attached hydrogen (secondary N) is 2. The molecule has 0 radical (unpaired) electrons. The predicted octanol–water partition coefficient (Wildman–Crippen LogP) is 2.46. The molecule has 116 valence electrons. The minimum absolute atomic E-state index is 0.0299. The van der Waals surface area contributed by atoms with E-state index in [0.717, 1.165) is 25.2 Å². The molecule has 1 unspecified atom stereocenters. The van der Waals surface area contributed by atoms with Crippen molar-refractivity contribution in [1.82, 2.24) is 15.5 Å². The molecule has 6 heteroatoms. The fourth-order valence-electron chi connectivity index (χ4n) is 2.45. The molecule has 0 bridgehead atoms. The Labute approximate surface area is 135 Å². The fourth-order valence-corrected chi connectivity index (χ4v) is 2.76. The Hall–Kier alpha value is -0.810. The molecule has 2 rings (SSSR count). The highest BCUT2D eigenvalue weighted by atomic mass is 35.5. The number of carbonyl (C=O) groups excluding carboxylic acids is 1. The average Bonchev–Trinajstić information content (AvgIpc) is 2.44. The van der Waals surface area contributed by atoms with E-state index < -0.39 is 0 Å². The summed E-state index contributed by atoms with van der Waals surface area (Å²) in [6, 6.07) is 5.71. The van der Waals surface area contributed by atoms with Crippen molar-refractivity contribution in [2.24, 2.45) is 0 Å². The zero-order valence-corrected chi connectivity index (χ0v) is 13.8. The summed E-state index contributed by atoms with van der Waals surface area (Å²) in [7, 11) is 0. The van der Waals surface area contributed by atoms with Gasteiger partial charge in [-0.2, -0.15) is 0 Å². The second-order valence-electron chi connectivity index (χ2n) is 5.49. The molecule has 21 heavy (non-hydrogen) atoms. The van der Waals surface area contributed by atoms with E-state index in [0.29, 0.717) is 22.6 Å². The molecular weight excluding hydrogens is 309 g/mol. The van der Waals surface area contributed by atoms with Crippen molar-refractivity contribution in [1.29, 1.82) is 0 Å². The number of piperazine rings is 1. The van der Waals surface area contributed by atoms with Crippen molar-refractivity contribution in [3.63, 3.8) is 0 Å². The molecule has 2 N–H and O–H groups in total. The number of hydrogen-bond donors (Lipinski definition) is 2. The van der Waals surface area contributed by atoms with Gasteiger partial charge in [-0.15, -0.1) is 0 Å². The number of carbonyl (C=O) groups is 1. The molecule has 2 atom stereocenters. The smallest absolute Gasteiger partial charge is 0.234 e. The third kappa shape index (κ3) is 4.58. The van der Waals surface area contributed by atoms with Crippen molar-refractivity contribution in [2.45, 2.75) is 25.9 Å². The summed E-state index contributed by atoms with van der Waals surface area (Å²) >= 11 is 11.9. The van der Waals surface area contributed by atoms with Gasteiger partial charge in [-0.3, -0.25) is 9.69 Å². The van der Waals surface area contributed by atoms with Crippen LogP contribution in [0.1, 0.15) is 25.5 Å². The fraction of sp³-hybridized carbons (Fsp3) is 0.533. The minimum Gasteiger partial charge on any atom is -0.348 e.